The molecule has 0 atom stereocenters. The number of benzene rings is 2. The van der Waals surface area contributed by atoms with Gasteiger partial charge < -0.3 is 5.32 Å². The highest BCUT2D eigenvalue weighted by atomic mass is 32.2. The fraction of sp³-hybridized carbons (Fsp3) is 0.0909. The van der Waals surface area contributed by atoms with Crippen LogP contribution in [0, 0.1) is 5.82 Å². The van der Waals surface area contributed by atoms with E-state index in [1.807, 2.05) is 30.3 Å². The summed E-state index contributed by atoms with van der Waals surface area (Å²) in [4.78, 5) is 34.0. The predicted molar refractivity (Wildman–Crippen MR) is 115 cm³/mol. The van der Waals surface area contributed by atoms with Gasteiger partial charge in [-0.3, -0.25) is 14.2 Å². The molecule has 0 bridgehead atoms. The van der Waals surface area contributed by atoms with Crippen LogP contribution in [0.15, 0.2) is 82.9 Å². The molecular weight excluding hydrogens is 403 g/mol. The Morgan fingerprint density at radius 3 is 2.60 bits per heavy atom. The molecule has 0 fully saturated rings. The van der Waals surface area contributed by atoms with Gasteiger partial charge in [-0.15, -0.1) is 0 Å². The minimum Gasteiger partial charge on any atom is -0.323 e. The first-order chi connectivity index (χ1) is 14.6. The number of para-hydroxylation sites is 1. The van der Waals surface area contributed by atoms with Gasteiger partial charge in [-0.1, -0.05) is 54.2 Å². The number of halogens is 1. The molecule has 2 aromatic heterocycles. The molecule has 1 N–H and O–H groups in total. The number of thioether (sulfide) groups is 1. The fourth-order valence-electron chi connectivity index (χ4n) is 2.93. The quantitative estimate of drug-likeness (QED) is 0.380. The SMILES string of the molecule is O=C(CSc1nc2ncccc2c(=O)n1Cc1ccccc1)Nc1ccccc1F. The lowest BCUT2D eigenvalue weighted by atomic mass is 10.2. The molecule has 150 valence electrons. The second-order valence-electron chi connectivity index (χ2n) is 6.46. The maximum Gasteiger partial charge on any atom is 0.263 e. The van der Waals surface area contributed by atoms with Crippen molar-refractivity contribution >= 4 is 34.4 Å². The first-order valence-electron chi connectivity index (χ1n) is 9.18. The standard InChI is InChI=1S/C22H17FN4O2S/c23-17-10-4-5-11-18(17)25-19(28)14-30-22-26-20-16(9-6-12-24-20)21(29)27(22)13-15-7-2-1-3-8-15/h1-12H,13-14H2,(H,25,28). The Kier molecular flexibility index (Phi) is 5.85. The van der Waals surface area contributed by atoms with Crippen LogP contribution >= 0.6 is 11.8 Å². The third-order valence-electron chi connectivity index (χ3n) is 4.36. The predicted octanol–water partition coefficient (Wildman–Crippen LogP) is 3.71. The number of fused-ring (bicyclic) bond motifs is 1. The lowest BCUT2D eigenvalue weighted by Crippen LogP contribution is -2.25. The second kappa shape index (κ2) is 8.87. The van der Waals surface area contributed by atoms with Crippen molar-refractivity contribution in [2.45, 2.75) is 11.7 Å². The number of anilines is 1. The molecule has 30 heavy (non-hydrogen) atoms. The number of hydrogen-bond donors (Lipinski definition) is 1. The van der Waals surface area contributed by atoms with Gasteiger partial charge in [-0.05, 0) is 29.8 Å². The molecule has 0 unspecified atom stereocenters. The van der Waals surface area contributed by atoms with Crippen LogP contribution in [0.4, 0.5) is 10.1 Å². The van der Waals surface area contributed by atoms with Crippen molar-refractivity contribution in [3.8, 4) is 0 Å². The number of carbonyl (C=O) groups is 1. The largest absolute Gasteiger partial charge is 0.323 e. The van der Waals surface area contributed by atoms with E-state index in [2.05, 4.69) is 15.3 Å². The van der Waals surface area contributed by atoms with Gasteiger partial charge in [0.1, 0.15) is 5.82 Å². The number of rotatable bonds is 6. The van der Waals surface area contributed by atoms with Crippen molar-refractivity contribution in [2.75, 3.05) is 11.1 Å². The van der Waals surface area contributed by atoms with Crippen molar-refractivity contribution in [3.63, 3.8) is 0 Å². The first kappa shape index (κ1) is 19.8. The van der Waals surface area contributed by atoms with Gasteiger partial charge in [0.2, 0.25) is 5.91 Å². The van der Waals surface area contributed by atoms with Gasteiger partial charge in [-0.2, -0.15) is 0 Å². The lowest BCUT2D eigenvalue weighted by Gasteiger charge is -2.13. The van der Waals surface area contributed by atoms with Crippen molar-refractivity contribution in [2.24, 2.45) is 0 Å². The summed E-state index contributed by atoms with van der Waals surface area (Å²) in [7, 11) is 0. The molecule has 0 aliphatic carbocycles. The molecule has 0 aliphatic rings. The molecule has 6 nitrogen and oxygen atoms in total. The number of pyridine rings is 1. The molecule has 0 spiro atoms. The number of hydrogen-bond acceptors (Lipinski definition) is 5. The minimum absolute atomic E-state index is 0.0338. The van der Waals surface area contributed by atoms with Gasteiger partial charge in [0.05, 0.1) is 23.4 Å². The molecule has 4 aromatic rings. The van der Waals surface area contributed by atoms with E-state index in [1.165, 1.54) is 16.7 Å². The van der Waals surface area contributed by atoms with E-state index >= 15 is 0 Å². The lowest BCUT2D eigenvalue weighted by molar-refractivity contribution is -0.113. The fourth-order valence-corrected chi connectivity index (χ4v) is 3.72. The summed E-state index contributed by atoms with van der Waals surface area (Å²) in [6.45, 7) is 0.314. The number of carbonyl (C=O) groups excluding carboxylic acids is 1. The van der Waals surface area contributed by atoms with Crippen molar-refractivity contribution in [3.05, 3.63) is 94.7 Å². The van der Waals surface area contributed by atoms with E-state index in [0.717, 1.165) is 17.3 Å². The molecule has 2 aromatic carbocycles. The second-order valence-corrected chi connectivity index (χ2v) is 7.41. The monoisotopic (exact) mass is 420 g/mol. The minimum atomic E-state index is -0.509. The van der Waals surface area contributed by atoms with Gasteiger partial charge in [-0.25, -0.2) is 14.4 Å². The van der Waals surface area contributed by atoms with Crippen LogP contribution in [0.3, 0.4) is 0 Å². The van der Waals surface area contributed by atoms with Crippen molar-refractivity contribution < 1.29 is 9.18 Å². The maximum absolute atomic E-state index is 13.8. The molecule has 0 saturated carbocycles. The van der Waals surface area contributed by atoms with Crippen LogP contribution in [0.1, 0.15) is 5.56 Å². The number of amides is 1. The molecule has 1 amide bonds. The topological polar surface area (TPSA) is 76.9 Å². The zero-order valence-electron chi connectivity index (χ0n) is 15.8. The van der Waals surface area contributed by atoms with Gasteiger partial charge >= 0.3 is 0 Å². The summed E-state index contributed by atoms with van der Waals surface area (Å²) in [5.74, 6) is -0.940. The van der Waals surface area contributed by atoms with E-state index in [1.54, 1.807) is 30.5 Å². The summed E-state index contributed by atoms with van der Waals surface area (Å²) >= 11 is 1.11. The van der Waals surface area contributed by atoms with Crippen LogP contribution in [-0.4, -0.2) is 26.2 Å². The van der Waals surface area contributed by atoms with Crippen LogP contribution in [0.25, 0.3) is 11.0 Å². The van der Waals surface area contributed by atoms with Crippen molar-refractivity contribution in [1.29, 1.82) is 0 Å². The Balaban J connectivity index is 1.62. The van der Waals surface area contributed by atoms with E-state index in [0.29, 0.717) is 22.7 Å². The Morgan fingerprint density at radius 2 is 1.80 bits per heavy atom. The van der Waals surface area contributed by atoms with E-state index in [4.69, 9.17) is 0 Å². The molecule has 0 radical (unpaired) electrons. The number of nitrogens with one attached hydrogen (secondary N) is 1. The maximum atomic E-state index is 13.8. The summed E-state index contributed by atoms with van der Waals surface area (Å²) in [5, 5.41) is 3.32. The smallest absolute Gasteiger partial charge is 0.263 e. The third kappa shape index (κ3) is 4.38. The summed E-state index contributed by atoms with van der Waals surface area (Å²) < 4.78 is 15.3. The Hall–Kier alpha value is -3.52. The average molecular weight is 420 g/mol. The van der Waals surface area contributed by atoms with Crippen LogP contribution < -0.4 is 10.9 Å². The number of nitrogens with zero attached hydrogens (tertiary/aromatic N) is 3. The normalized spacial score (nSPS) is 10.8. The van der Waals surface area contributed by atoms with Gasteiger partial charge in [0.25, 0.3) is 5.56 Å². The number of aromatic nitrogens is 3. The Morgan fingerprint density at radius 1 is 1.03 bits per heavy atom. The third-order valence-corrected chi connectivity index (χ3v) is 5.33. The zero-order chi connectivity index (χ0) is 20.9. The van der Waals surface area contributed by atoms with Crippen LogP contribution in [0.5, 0.6) is 0 Å². The zero-order valence-corrected chi connectivity index (χ0v) is 16.6. The van der Waals surface area contributed by atoms with Crippen molar-refractivity contribution in [1.82, 2.24) is 14.5 Å². The van der Waals surface area contributed by atoms with Gasteiger partial charge in [0, 0.05) is 6.20 Å². The summed E-state index contributed by atoms with van der Waals surface area (Å²) in [6, 6.07) is 18.8. The summed E-state index contributed by atoms with van der Waals surface area (Å²) in [6.07, 6.45) is 1.57. The van der Waals surface area contributed by atoms with E-state index in [9.17, 15) is 14.0 Å². The highest BCUT2D eigenvalue weighted by molar-refractivity contribution is 7.99. The molecule has 2 heterocycles. The highest BCUT2D eigenvalue weighted by Gasteiger charge is 2.15. The molecule has 0 saturated heterocycles. The van der Waals surface area contributed by atoms with Crippen LogP contribution in [0.2, 0.25) is 0 Å². The van der Waals surface area contributed by atoms with Crippen LogP contribution in [-0.2, 0) is 11.3 Å². The first-order valence-corrected chi connectivity index (χ1v) is 10.2. The van der Waals surface area contributed by atoms with E-state index in [-0.39, 0.29) is 17.0 Å². The highest BCUT2D eigenvalue weighted by Crippen LogP contribution is 2.19. The molecular formula is C22H17FN4O2S. The molecule has 0 aliphatic heterocycles. The Bertz CT molecular complexity index is 1260. The molecule has 8 heteroatoms. The average Bonchev–Trinajstić information content (AvgIpc) is 2.77. The Labute approximate surface area is 175 Å². The van der Waals surface area contributed by atoms with E-state index < -0.39 is 11.7 Å². The summed E-state index contributed by atoms with van der Waals surface area (Å²) in [5.41, 5.74) is 1.14. The molecule has 4 rings (SSSR count). The van der Waals surface area contributed by atoms with Gasteiger partial charge in [0.15, 0.2) is 10.8 Å².